The number of hydrogen-bond donors (Lipinski definition) is 0. The van der Waals surface area contributed by atoms with Crippen LogP contribution in [-0.2, 0) is 27.1 Å². The predicted molar refractivity (Wildman–Crippen MR) is 524 cm³/mol. The van der Waals surface area contributed by atoms with Gasteiger partial charge in [-0.2, -0.15) is 0 Å². The molecule has 2 aliphatic rings. The summed E-state index contributed by atoms with van der Waals surface area (Å²) in [6.45, 7) is 30.0. The number of para-hydroxylation sites is 2. The van der Waals surface area contributed by atoms with Crippen LogP contribution < -0.4 is 26.2 Å². The summed E-state index contributed by atoms with van der Waals surface area (Å²) in [5, 5.41) is 0.306. The predicted octanol–water partition coefficient (Wildman–Crippen LogP) is 28.9. The molecule has 0 amide bonds. The van der Waals surface area contributed by atoms with Crippen molar-refractivity contribution in [3.05, 3.63) is 355 Å². The first-order valence-corrected chi connectivity index (χ1v) is 44.8. The van der Waals surface area contributed by atoms with Gasteiger partial charge in [-0.25, -0.2) is 0 Å². The molecule has 0 radical (unpaired) electrons. The first kappa shape index (κ1) is 57.3. The standard InChI is InChI=1S/C114H99BN4Se2/c1-110(2,3)78-44-32-42-74(58-78)76-50-54-87-101(60-76)120-108-103(87)85-46-28-30-48-95(85)116(108)83-52-56-93-97(68-83)118(106-89(70-34-20-16-21-35-70)62-80(112(7,8)9)63-90(106)71-36-22-17-23-37-71)99-66-82(114(13,14)15)67-100-105(99)115(93)94-57-53-84(69-98(94)119(100)107-91(72-38-24-18-25-39-72)64-81(113(10,11)12)65-92(107)73-40-26-19-27-41-73)117-96-49-31-29-47-86(96)104-88-55-51-77(61-102(88)121-109(104)117)75-43-33-45-79(59-75)111(4,5)6/h16-69H,1-15H3/i28D,29D,30D,31D,46D,47D,48D,49D,50D,51D,52D,53D,54D,55D,56D,57D,60D,61D,68D,69D. The van der Waals surface area contributed by atoms with E-state index < -0.39 is 137 Å². The van der Waals surface area contributed by atoms with Crippen molar-refractivity contribution in [2.45, 2.75) is 131 Å². The average Bonchev–Trinajstić information content (AvgIpc) is 1.46. The zero-order valence-corrected chi connectivity index (χ0v) is 73.7. The number of rotatable bonds is 10. The van der Waals surface area contributed by atoms with Gasteiger partial charge in [0.25, 0.3) is 0 Å². The summed E-state index contributed by atoms with van der Waals surface area (Å²) in [6, 6.07) is 58.4. The molecule has 6 heterocycles. The van der Waals surface area contributed by atoms with Crippen molar-refractivity contribution in [1.82, 2.24) is 9.13 Å². The number of anilines is 6. The van der Waals surface area contributed by atoms with Crippen molar-refractivity contribution in [2.75, 3.05) is 9.80 Å². The topological polar surface area (TPSA) is 16.3 Å². The molecule has 121 heavy (non-hydrogen) atoms. The molecule has 0 spiro atoms. The van der Waals surface area contributed by atoms with E-state index in [0.29, 0.717) is 75.7 Å². The van der Waals surface area contributed by atoms with Crippen LogP contribution in [0.3, 0.4) is 0 Å². The van der Waals surface area contributed by atoms with E-state index in [9.17, 15) is 27.4 Å². The van der Waals surface area contributed by atoms with Gasteiger partial charge in [0.2, 0.25) is 0 Å². The van der Waals surface area contributed by atoms with E-state index in [-0.39, 0.29) is 144 Å². The summed E-state index contributed by atoms with van der Waals surface area (Å²) >= 11 is -2.37. The van der Waals surface area contributed by atoms with Gasteiger partial charge < -0.3 is 0 Å². The Morgan fingerprint density at radius 1 is 0.281 bits per heavy atom. The van der Waals surface area contributed by atoms with Gasteiger partial charge in [0, 0.05) is 0 Å². The van der Waals surface area contributed by atoms with Crippen molar-refractivity contribution < 1.29 is 27.4 Å². The third-order valence-electron chi connectivity index (χ3n) is 24.2. The fourth-order valence-electron chi connectivity index (χ4n) is 17.7. The number of hydrogen-bond acceptors (Lipinski definition) is 2. The number of nitrogens with zero attached hydrogens (tertiary/aromatic N) is 4. The molecule has 0 saturated heterocycles. The van der Waals surface area contributed by atoms with Gasteiger partial charge in [-0.3, -0.25) is 0 Å². The zero-order valence-electron chi connectivity index (χ0n) is 90.3. The van der Waals surface area contributed by atoms with Crippen molar-refractivity contribution in [2.24, 2.45) is 0 Å². The molecular weight excluding hydrogens is 1590 g/mol. The van der Waals surface area contributed by atoms with Gasteiger partial charge in [0.05, 0.1) is 0 Å². The Morgan fingerprint density at radius 2 is 0.612 bits per heavy atom. The molecule has 4 nitrogen and oxygen atoms in total. The first-order valence-electron chi connectivity index (χ1n) is 51.4. The average molecular weight is 1710 g/mol. The van der Waals surface area contributed by atoms with Gasteiger partial charge >= 0.3 is 757 Å². The Balaban J connectivity index is 0.995. The number of fused-ring (bicyclic) bond motifs is 14. The molecule has 0 unspecified atom stereocenters. The minimum absolute atomic E-state index is 0.0265. The summed E-state index contributed by atoms with van der Waals surface area (Å²) in [7, 11) is 0. The van der Waals surface area contributed by atoms with Crippen LogP contribution in [0.5, 0.6) is 0 Å². The molecule has 0 atom stereocenters. The normalized spacial score (nSPS) is 15.5. The fraction of sp³-hybridized carbons (Fsp3) is 0.175. The van der Waals surface area contributed by atoms with Gasteiger partial charge in [-0.05, 0) is 0 Å². The van der Waals surface area contributed by atoms with Crippen LogP contribution in [0.15, 0.2) is 327 Å². The Morgan fingerprint density at radius 3 is 0.959 bits per heavy atom. The van der Waals surface area contributed by atoms with Crippen molar-refractivity contribution >= 4 is 147 Å². The molecule has 0 fully saturated rings. The van der Waals surface area contributed by atoms with E-state index in [0.717, 1.165) is 44.5 Å². The third-order valence-corrected chi connectivity index (χ3v) is 28.8. The second-order valence-corrected chi connectivity index (χ2v) is 41.5. The maximum absolute atomic E-state index is 12.2. The third kappa shape index (κ3) is 12.8. The molecule has 0 bridgehead atoms. The van der Waals surface area contributed by atoms with Crippen LogP contribution in [0.2, 0.25) is 0 Å². The summed E-state index contributed by atoms with van der Waals surface area (Å²) in [5.41, 5.74) is 9.83. The summed E-state index contributed by atoms with van der Waals surface area (Å²) < 4.78 is 216. The van der Waals surface area contributed by atoms with Gasteiger partial charge in [-0.15, -0.1) is 0 Å². The Hall–Kier alpha value is -11.9. The van der Waals surface area contributed by atoms with Gasteiger partial charge in [0.1, 0.15) is 0 Å². The molecule has 0 aliphatic carbocycles. The van der Waals surface area contributed by atoms with Crippen LogP contribution >= 0.6 is 0 Å². The van der Waals surface area contributed by atoms with Crippen molar-refractivity contribution in [1.29, 1.82) is 0 Å². The SMILES string of the molecule is [2H]c1c([2H])c(-n2c3[se]c4c([2H])c(-c5cccc(C(C)(C)C)c5)c([2H])c([2H])c4c3c3c([2H])c([2H])c([2H])c([2H])c32)c([2H])c2c1B1c3c(cc(C(C)(C)C)cc3N(c3c(-c4ccccc4)cc(C(C)(C)C)cc3-c3ccccc3)c3c([2H])c(-n4c5[se]c6c([2H])c(-c7cccc(C(C)(C)C)c7)c([2H])c([2H])c6c5c5c([2H])c([2H])c([2H])c([2H])c54)c([2H])c([2H])c31)N2c1c(-c2ccccc2)cc(C(C)(C)C)cc1-c1ccccc1. The molecule has 590 valence electrons. The van der Waals surface area contributed by atoms with Crippen LogP contribution in [0.4, 0.5) is 34.1 Å². The minimum atomic E-state index is -1.56. The van der Waals surface area contributed by atoms with E-state index in [4.69, 9.17) is 0 Å². The van der Waals surface area contributed by atoms with Gasteiger partial charge in [0.15, 0.2) is 0 Å². The molecule has 0 saturated carbocycles. The number of benzene rings is 15. The Bertz CT molecular complexity index is 8080. The Labute approximate surface area is 752 Å². The summed E-state index contributed by atoms with van der Waals surface area (Å²) in [5.74, 6) is 0. The molecular formula is C114H99BN4Se2. The quantitative estimate of drug-likeness (QED) is 0.127. The first-order chi connectivity index (χ1) is 66.6. The molecule has 4 aromatic heterocycles. The molecule has 0 N–H and O–H groups in total. The van der Waals surface area contributed by atoms with Crippen molar-refractivity contribution in [3.63, 3.8) is 0 Å². The molecule has 19 aromatic rings. The second-order valence-electron chi connectivity index (χ2n) is 37.3. The van der Waals surface area contributed by atoms with E-state index in [2.05, 4.69) is 140 Å². The number of aromatic nitrogens is 2. The van der Waals surface area contributed by atoms with E-state index in [1.54, 1.807) is 0 Å². The van der Waals surface area contributed by atoms with Crippen LogP contribution in [-0.4, -0.2) is 44.9 Å². The van der Waals surface area contributed by atoms with Crippen LogP contribution in [0.1, 0.15) is 159 Å². The van der Waals surface area contributed by atoms with Crippen molar-refractivity contribution in [3.8, 4) is 78.1 Å². The summed E-state index contributed by atoms with van der Waals surface area (Å²) in [6.07, 6.45) is 0. The van der Waals surface area contributed by atoms with E-state index in [1.165, 1.54) is 9.13 Å². The zero-order chi connectivity index (χ0) is 100. The Kier molecular flexibility index (Phi) is 13.4. The van der Waals surface area contributed by atoms with Crippen LogP contribution in [0.25, 0.3) is 139 Å². The second kappa shape index (κ2) is 28.4. The molecule has 7 heteroatoms. The molecule has 15 aromatic carbocycles. The maximum atomic E-state index is 12.2. The summed E-state index contributed by atoms with van der Waals surface area (Å²) in [4.78, 5) is 4.05. The van der Waals surface area contributed by atoms with Crippen LogP contribution in [0, 0.1) is 0 Å². The monoisotopic (exact) mass is 1710 g/mol. The molecule has 21 rings (SSSR count). The van der Waals surface area contributed by atoms with Gasteiger partial charge in [-0.1, -0.05) is 0 Å². The van der Waals surface area contributed by atoms with E-state index >= 15 is 0 Å². The van der Waals surface area contributed by atoms with E-state index in [1.807, 2.05) is 180 Å². The molecule has 2 aliphatic heterocycles. The fourth-order valence-corrected chi connectivity index (χ4v) is 22.7.